The topological polar surface area (TPSA) is 59.4 Å². The largest absolute Gasteiger partial charge is 0.498 e. The van der Waals surface area contributed by atoms with Crippen LogP contribution in [0, 0.1) is 5.92 Å². The van der Waals surface area contributed by atoms with E-state index in [0.717, 1.165) is 36.5 Å². The second-order valence-corrected chi connectivity index (χ2v) is 4.15. The first-order valence-electron chi connectivity index (χ1n) is 5.30. The van der Waals surface area contributed by atoms with E-state index >= 15 is 0 Å². The molecule has 0 bridgehead atoms. The first-order chi connectivity index (χ1) is 7.74. The van der Waals surface area contributed by atoms with Gasteiger partial charge in [-0.05, 0) is 18.6 Å². The van der Waals surface area contributed by atoms with Crippen LogP contribution in [0.2, 0.25) is 0 Å². The molecule has 1 aliphatic heterocycles. The minimum atomic E-state index is -0.942. The van der Waals surface area contributed by atoms with Gasteiger partial charge in [0.2, 0.25) is 0 Å². The molecule has 0 radical (unpaired) electrons. The maximum Gasteiger partial charge on any atom is 0.337 e. The second kappa shape index (κ2) is 3.33. The smallest absolute Gasteiger partial charge is 0.337 e. The molecule has 4 nitrogen and oxygen atoms in total. The Morgan fingerprint density at radius 1 is 1.56 bits per heavy atom. The van der Waals surface area contributed by atoms with Gasteiger partial charge >= 0.3 is 5.97 Å². The van der Waals surface area contributed by atoms with Gasteiger partial charge in [-0.25, -0.2) is 4.79 Å². The standard InChI is InChI=1S/C12H11NO3/c14-12(15)9-3-8-5-11-7(1-2-16-11)4-10(8)13-6-9/h3,5-7H,1-2,4H2,(H,14,15). The molecular formula is C12H11NO3. The van der Waals surface area contributed by atoms with Crippen molar-refractivity contribution >= 4 is 12.0 Å². The van der Waals surface area contributed by atoms with Gasteiger partial charge in [0.1, 0.15) is 5.76 Å². The lowest BCUT2D eigenvalue weighted by molar-refractivity contribution is 0.0696. The molecular weight excluding hydrogens is 206 g/mol. The Labute approximate surface area is 92.6 Å². The van der Waals surface area contributed by atoms with E-state index in [1.807, 2.05) is 6.08 Å². The highest BCUT2D eigenvalue weighted by Crippen LogP contribution is 2.34. The van der Waals surface area contributed by atoms with Gasteiger partial charge in [-0.15, -0.1) is 0 Å². The van der Waals surface area contributed by atoms with E-state index in [-0.39, 0.29) is 5.56 Å². The molecule has 1 N–H and O–H groups in total. The quantitative estimate of drug-likeness (QED) is 0.778. The van der Waals surface area contributed by atoms with E-state index in [4.69, 9.17) is 9.84 Å². The summed E-state index contributed by atoms with van der Waals surface area (Å²) in [5.41, 5.74) is 2.09. The Morgan fingerprint density at radius 2 is 2.44 bits per heavy atom. The summed E-state index contributed by atoms with van der Waals surface area (Å²) in [5.74, 6) is 0.482. The van der Waals surface area contributed by atoms with Crippen molar-refractivity contribution in [3.05, 3.63) is 34.8 Å². The number of allylic oxidation sites excluding steroid dienone is 1. The zero-order valence-electron chi connectivity index (χ0n) is 8.64. The van der Waals surface area contributed by atoms with Gasteiger partial charge in [-0.1, -0.05) is 0 Å². The predicted octanol–water partition coefficient (Wildman–Crippen LogP) is 1.71. The number of nitrogens with zero attached hydrogens (tertiary/aromatic N) is 1. The molecule has 1 fully saturated rings. The molecule has 0 saturated carbocycles. The zero-order chi connectivity index (χ0) is 11.1. The summed E-state index contributed by atoms with van der Waals surface area (Å²) >= 11 is 0. The molecule has 2 aliphatic rings. The van der Waals surface area contributed by atoms with Crippen molar-refractivity contribution in [3.63, 3.8) is 0 Å². The highest BCUT2D eigenvalue weighted by molar-refractivity contribution is 5.88. The zero-order valence-corrected chi connectivity index (χ0v) is 8.64. The normalized spacial score (nSPS) is 21.8. The Balaban J connectivity index is 2.06. The van der Waals surface area contributed by atoms with Gasteiger partial charge in [-0.3, -0.25) is 4.98 Å². The average molecular weight is 217 g/mol. The monoisotopic (exact) mass is 217 g/mol. The minimum absolute atomic E-state index is 0.229. The van der Waals surface area contributed by atoms with Crippen LogP contribution in [0.25, 0.3) is 6.08 Å². The summed E-state index contributed by atoms with van der Waals surface area (Å²) in [4.78, 5) is 15.0. The number of ether oxygens (including phenoxy) is 1. The number of hydrogen-bond donors (Lipinski definition) is 1. The highest BCUT2D eigenvalue weighted by Gasteiger charge is 2.28. The maximum atomic E-state index is 10.8. The first-order valence-corrected chi connectivity index (χ1v) is 5.30. The van der Waals surface area contributed by atoms with Crippen LogP contribution in [-0.4, -0.2) is 22.7 Å². The summed E-state index contributed by atoms with van der Waals surface area (Å²) in [6, 6.07) is 1.66. The third-order valence-corrected chi connectivity index (χ3v) is 3.13. The fourth-order valence-corrected chi connectivity index (χ4v) is 2.25. The highest BCUT2D eigenvalue weighted by atomic mass is 16.5. The molecule has 0 amide bonds. The Morgan fingerprint density at radius 3 is 3.25 bits per heavy atom. The third kappa shape index (κ3) is 1.38. The van der Waals surface area contributed by atoms with E-state index in [1.165, 1.54) is 6.20 Å². The van der Waals surface area contributed by atoms with Gasteiger partial charge < -0.3 is 9.84 Å². The number of fused-ring (bicyclic) bond motifs is 2. The Kier molecular flexibility index (Phi) is 1.96. The number of rotatable bonds is 1. The van der Waals surface area contributed by atoms with E-state index in [9.17, 15) is 4.79 Å². The van der Waals surface area contributed by atoms with Crippen molar-refractivity contribution in [1.29, 1.82) is 0 Å². The average Bonchev–Trinajstić information content (AvgIpc) is 2.71. The number of aromatic nitrogens is 1. The van der Waals surface area contributed by atoms with Gasteiger partial charge in [0.05, 0.1) is 12.2 Å². The van der Waals surface area contributed by atoms with Crippen LogP contribution < -0.4 is 0 Å². The molecule has 0 aromatic carbocycles. The number of hydrogen-bond acceptors (Lipinski definition) is 3. The molecule has 1 atom stereocenters. The summed E-state index contributed by atoms with van der Waals surface area (Å²) in [6.07, 6.45) is 5.25. The summed E-state index contributed by atoms with van der Waals surface area (Å²) in [6.45, 7) is 0.760. The SMILES string of the molecule is O=C(O)c1cnc2c(c1)C=C1OCCC1C2. The lowest BCUT2D eigenvalue weighted by Gasteiger charge is -2.17. The molecule has 82 valence electrons. The third-order valence-electron chi connectivity index (χ3n) is 3.13. The summed E-state index contributed by atoms with van der Waals surface area (Å²) in [7, 11) is 0. The Hall–Kier alpha value is -1.84. The molecule has 0 spiro atoms. The van der Waals surface area contributed by atoms with E-state index in [2.05, 4.69) is 4.98 Å². The number of carboxylic acids is 1. The molecule has 16 heavy (non-hydrogen) atoms. The molecule has 1 unspecified atom stereocenters. The number of aromatic carboxylic acids is 1. The van der Waals surface area contributed by atoms with Crippen LogP contribution in [0.4, 0.5) is 0 Å². The van der Waals surface area contributed by atoms with Gasteiger partial charge in [-0.2, -0.15) is 0 Å². The van der Waals surface area contributed by atoms with Crippen LogP contribution in [0.15, 0.2) is 18.0 Å². The fraction of sp³-hybridized carbons (Fsp3) is 0.333. The summed E-state index contributed by atoms with van der Waals surface area (Å²) < 4.78 is 5.50. The van der Waals surface area contributed by atoms with E-state index in [0.29, 0.717) is 5.92 Å². The molecule has 1 saturated heterocycles. The second-order valence-electron chi connectivity index (χ2n) is 4.15. The maximum absolute atomic E-state index is 10.8. The molecule has 1 aromatic heterocycles. The molecule has 2 heterocycles. The molecule has 1 aromatic rings. The van der Waals surface area contributed by atoms with Crippen molar-refractivity contribution in [2.75, 3.05) is 6.61 Å². The van der Waals surface area contributed by atoms with Crippen molar-refractivity contribution in [2.45, 2.75) is 12.8 Å². The van der Waals surface area contributed by atoms with Gasteiger partial charge in [0.25, 0.3) is 0 Å². The number of pyridine rings is 1. The van der Waals surface area contributed by atoms with E-state index in [1.54, 1.807) is 6.07 Å². The van der Waals surface area contributed by atoms with Crippen LogP contribution in [0.3, 0.4) is 0 Å². The van der Waals surface area contributed by atoms with Crippen molar-refractivity contribution in [2.24, 2.45) is 5.92 Å². The number of carboxylic acid groups (broad SMARTS) is 1. The first kappa shape index (κ1) is 9.39. The lowest BCUT2D eigenvalue weighted by Crippen LogP contribution is -2.12. The molecule has 1 aliphatic carbocycles. The van der Waals surface area contributed by atoms with Crippen LogP contribution in [0.1, 0.15) is 28.0 Å². The van der Waals surface area contributed by atoms with Crippen LogP contribution in [-0.2, 0) is 11.2 Å². The predicted molar refractivity (Wildman–Crippen MR) is 56.9 cm³/mol. The van der Waals surface area contributed by atoms with Crippen molar-refractivity contribution in [1.82, 2.24) is 4.98 Å². The van der Waals surface area contributed by atoms with Crippen LogP contribution >= 0.6 is 0 Å². The molecule has 3 rings (SSSR count). The number of carbonyl (C=O) groups is 1. The fourth-order valence-electron chi connectivity index (χ4n) is 2.25. The van der Waals surface area contributed by atoms with E-state index < -0.39 is 5.97 Å². The Bertz CT molecular complexity index is 493. The minimum Gasteiger partial charge on any atom is -0.498 e. The van der Waals surface area contributed by atoms with Crippen LogP contribution in [0.5, 0.6) is 0 Å². The lowest BCUT2D eigenvalue weighted by atomic mass is 9.90. The van der Waals surface area contributed by atoms with Gasteiger partial charge in [0, 0.05) is 29.8 Å². The summed E-state index contributed by atoms with van der Waals surface area (Å²) in [5, 5.41) is 8.88. The van der Waals surface area contributed by atoms with Gasteiger partial charge in [0.15, 0.2) is 0 Å². The molecule has 4 heteroatoms. The van der Waals surface area contributed by atoms with Crippen molar-refractivity contribution < 1.29 is 14.6 Å². The van der Waals surface area contributed by atoms with Crippen molar-refractivity contribution in [3.8, 4) is 0 Å².